The van der Waals surface area contributed by atoms with E-state index in [1.54, 1.807) is 4.31 Å². The average molecular weight is 260 g/mol. The Morgan fingerprint density at radius 3 is 2.47 bits per heavy atom. The lowest BCUT2D eigenvalue weighted by Gasteiger charge is -2.33. The van der Waals surface area contributed by atoms with Gasteiger partial charge in [0.05, 0.1) is 0 Å². The largest absolute Gasteiger partial charge is 0.279 e. The highest BCUT2D eigenvalue weighted by atomic mass is 32.2. The Hall–Kier alpha value is -0.130. The van der Waals surface area contributed by atoms with E-state index in [0.29, 0.717) is 12.5 Å². The molecule has 0 radical (unpaired) electrons. The molecule has 3 atom stereocenters. The summed E-state index contributed by atoms with van der Waals surface area (Å²) in [6.45, 7) is 4.88. The maximum Gasteiger partial charge on any atom is 0.279 e. The van der Waals surface area contributed by atoms with Crippen LogP contribution in [0.1, 0.15) is 52.4 Å². The first kappa shape index (κ1) is 13.3. The van der Waals surface area contributed by atoms with Gasteiger partial charge in [-0.1, -0.05) is 13.3 Å². The zero-order chi connectivity index (χ0) is 12.5. The van der Waals surface area contributed by atoms with Gasteiger partial charge in [0.15, 0.2) is 0 Å². The van der Waals surface area contributed by atoms with E-state index in [2.05, 4.69) is 11.6 Å². The molecule has 1 N–H and O–H groups in total. The van der Waals surface area contributed by atoms with E-state index in [0.717, 1.165) is 38.5 Å². The molecule has 0 amide bonds. The minimum absolute atomic E-state index is 0.153. The molecule has 2 rings (SSSR count). The summed E-state index contributed by atoms with van der Waals surface area (Å²) in [7, 11) is -3.26. The van der Waals surface area contributed by atoms with Crippen LogP contribution in [0.4, 0.5) is 0 Å². The lowest BCUT2D eigenvalue weighted by molar-refractivity contribution is 0.263. The van der Waals surface area contributed by atoms with Crippen LogP contribution in [-0.4, -0.2) is 31.4 Å². The van der Waals surface area contributed by atoms with Crippen LogP contribution in [0, 0.1) is 5.92 Å². The Kier molecular flexibility index (Phi) is 4.10. The van der Waals surface area contributed by atoms with Crippen molar-refractivity contribution < 1.29 is 8.42 Å². The molecular weight excluding hydrogens is 236 g/mol. The van der Waals surface area contributed by atoms with E-state index in [4.69, 9.17) is 0 Å². The number of nitrogens with zero attached hydrogens (tertiary/aromatic N) is 1. The summed E-state index contributed by atoms with van der Waals surface area (Å²) in [6.07, 6.45) is 6.24. The summed E-state index contributed by atoms with van der Waals surface area (Å²) in [5.41, 5.74) is 0. The highest BCUT2D eigenvalue weighted by molar-refractivity contribution is 7.87. The first-order chi connectivity index (χ1) is 7.99. The normalized spacial score (nSPS) is 36.2. The van der Waals surface area contributed by atoms with Crippen LogP contribution in [-0.2, 0) is 10.2 Å². The van der Waals surface area contributed by atoms with Crippen LogP contribution in [0.2, 0.25) is 0 Å². The van der Waals surface area contributed by atoms with Crippen LogP contribution < -0.4 is 4.72 Å². The van der Waals surface area contributed by atoms with Crippen LogP contribution in [0.25, 0.3) is 0 Å². The average Bonchev–Trinajstić information content (AvgIpc) is 2.63. The predicted octanol–water partition coefficient (Wildman–Crippen LogP) is 1.88. The number of hydrogen-bond acceptors (Lipinski definition) is 2. The van der Waals surface area contributed by atoms with Gasteiger partial charge in [-0.15, -0.1) is 0 Å². The van der Waals surface area contributed by atoms with Gasteiger partial charge in [0.1, 0.15) is 0 Å². The zero-order valence-corrected chi connectivity index (χ0v) is 11.7. The summed E-state index contributed by atoms with van der Waals surface area (Å²) in [5.74, 6) is 0.654. The van der Waals surface area contributed by atoms with Crippen molar-refractivity contribution in [3.05, 3.63) is 0 Å². The molecule has 1 aliphatic heterocycles. The molecule has 0 bridgehead atoms. The van der Waals surface area contributed by atoms with E-state index in [9.17, 15) is 8.42 Å². The quantitative estimate of drug-likeness (QED) is 0.842. The van der Waals surface area contributed by atoms with E-state index in [1.165, 1.54) is 0 Å². The maximum atomic E-state index is 12.3. The molecule has 100 valence electrons. The lowest BCUT2D eigenvalue weighted by atomic mass is 10.1. The van der Waals surface area contributed by atoms with Crippen molar-refractivity contribution in [3.63, 3.8) is 0 Å². The Bertz CT molecular complexity index is 356. The molecule has 2 fully saturated rings. The van der Waals surface area contributed by atoms with Gasteiger partial charge in [0.2, 0.25) is 0 Å². The highest BCUT2D eigenvalue weighted by Gasteiger charge is 2.33. The molecule has 1 aliphatic carbocycles. The summed E-state index contributed by atoms with van der Waals surface area (Å²) < 4.78 is 29.1. The van der Waals surface area contributed by atoms with Crippen molar-refractivity contribution in [2.75, 3.05) is 6.54 Å². The van der Waals surface area contributed by atoms with Gasteiger partial charge in [0, 0.05) is 18.6 Å². The molecular formula is C12H24N2O2S. The van der Waals surface area contributed by atoms with Crippen LogP contribution in [0.15, 0.2) is 0 Å². The van der Waals surface area contributed by atoms with Crippen molar-refractivity contribution in [2.45, 2.75) is 64.5 Å². The Balaban J connectivity index is 1.98. The fraction of sp³-hybridized carbons (Fsp3) is 1.00. The van der Waals surface area contributed by atoms with E-state index < -0.39 is 10.2 Å². The molecule has 0 aromatic carbocycles. The zero-order valence-electron chi connectivity index (χ0n) is 10.9. The minimum atomic E-state index is -3.26. The van der Waals surface area contributed by atoms with E-state index in [-0.39, 0.29) is 12.1 Å². The van der Waals surface area contributed by atoms with Crippen molar-refractivity contribution in [3.8, 4) is 0 Å². The molecule has 0 aromatic heterocycles. The summed E-state index contributed by atoms with van der Waals surface area (Å²) in [6, 6.07) is 0.309. The predicted molar refractivity (Wildman–Crippen MR) is 68.9 cm³/mol. The first-order valence-corrected chi connectivity index (χ1v) is 8.22. The number of hydrogen-bond donors (Lipinski definition) is 1. The Morgan fingerprint density at radius 1 is 1.12 bits per heavy atom. The van der Waals surface area contributed by atoms with Crippen LogP contribution in [0.3, 0.4) is 0 Å². The number of rotatable bonds is 3. The topological polar surface area (TPSA) is 49.4 Å². The van der Waals surface area contributed by atoms with E-state index in [1.807, 2.05) is 6.92 Å². The molecule has 0 aromatic rings. The summed E-state index contributed by atoms with van der Waals surface area (Å²) in [4.78, 5) is 0. The molecule has 1 saturated carbocycles. The van der Waals surface area contributed by atoms with Gasteiger partial charge in [-0.05, 0) is 44.9 Å². The first-order valence-electron chi connectivity index (χ1n) is 6.78. The highest BCUT2D eigenvalue weighted by Crippen LogP contribution is 2.26. The van der Waals surface area contributed by atoms with Crippen LogP contribution in [0.5, 0.6) is 0 Å². The van der Waals surface area contributed by atoms with Gasteiger partial charge in [0.25, 0.3) is 10.2 Å². The standard InChI is InChI=1S/C12H24N2O2S/c1-10-6-7-12(9-10)13-17(15,16)14-8-4-3-5-11(14)2/h10-13H,3-9H2,1-2H3. The van der Waals surface area contributed by atoms with E-state index >= 15 is 0 Å². The fourth-order valence-electron chi connectivity index (χ4n) is 3.02. The smallest absolute Gasteiger partial charge is 0.199 e. The SMILES string of the molecule is CC1CCC(NS(=O)(=O)N2CCCCC2C)C1. The van der Waals surface area contributed by atoms with Gasteiger partial charge in [-0.3, -0.25) is 0 Å². The van der Waals surface area contributed by atoms with Crippen molar-refractivity contribution in [1.29, 1.82) is 0 Å². The molecule has 1 heterocycles. The second-order valence-electron chi connectivity index (χ2n) is 5.69. The molecule has 4 nitrogen and oxygen atoms in total. The molecule has 17 heavy (non-hydrogen) atoms. The maximum absolute atomic E-state index is 12.3. The minimum Gasteiger partial charge on any atom is -0.199 e. The van der Waals surface area contributed by atoms with Gasteiger partial charge in [-0.25, -0.2) is 0 Å². The molecule has 3 unspecified atom stereocenters. The van der Waals surface area contributed by atoms with Gasteiger partial charge >= 0.3 is 0 Å². The second-order valence-corrected chi connectivity index (χ2v) is 7.35. The van der Waals surface area contributed by atoms with Crippen LogP contribution >= 0.6 is 0 Å². The molecule has 1 saturated heterocycles. The summed E-state index contributed by atoms with van der Waals surface area (Å²) >= 11 is 0. The Labute approximate surface area is 105 Å². The van der Waals surface area contributed by atoms with Gasteiger partial charge in [-0.2, -0.15) is 17.4 Å². The third kappa shape index (κ3) is 3.20. The van der Waals surface area contributed by atoms with Crippen molar-refractivity contribution >= 4 is 10.2 Å². The van der Waals surface area contributed by atoms with Crippen molar-refractivity contribution in [1.82, 2.24) is 9.03 Å². The third-order valence-electron chi connectivity index (χ3n) is 4.06. The monoisotopic (exact) mass is 260 g/mol. The molecule has 2 aliphatic rings. The fourth-order valence-corrected chi connectivity index (χ4v) is 4.74. The van der Waals surface area contributed by atoms with Crippen molar-refractivity contribution in [2.24, 2.45) is 5.92 Å². The molecule has 5 heteroatoms. The van der Waals surface area contributed by atoms with Gasteiger partial charge < -0.3 is 0 Å². The number of nitrogens with one attached hydrogen (secondary N) is 1. The molecule has 0 spiro atoms. The third-order valence-corrected chi connectivity index (χ3v) is 5.85. The summed E-state index contributed by atoms with van der Waals surface area (Å²) in [5, 5.41) is 0. The Morgan fingerprint density at radius 2 is 1.88 bits per heavy atom. The second kappa shape index (κ2) is 5.24. The lowest BCUT2D eigenvalue weighted by Crippen LogP contribution is -2.50. The number of piperidine rings is 1.